The van der Waals surface area contributed by atoms with Crippen LogP contribution in [0.5, 0.6) is 0 Å². The number of hydrogen-bond donors (Lipinski definition) is 1. The molecule has 1 aliphatic heterocycles. The second-order valence-electron chi connectivity index (χ2n) is 3.94. The minimum atomic E-state index is 0.447. The number of nitrogens with zero attached hydrogens (tertiary/aromatic N) is 2. The summed E-state index contributed by atoms with van der Waals surface area (Å²) in [7, 11) is 0. The maximum Gasteiger partial charge on any atom is 0.185 e. The lowest BCUT2D eigenvalue weighted by molar-refractivity contribution is 0.465. The summed E-state index contributed by atoms with van der Waals surface area (Å²) in [5.41, 5.74) is 6.85. The fourth-order valence-electron chi connectivity index (χ4n) is 1.90. The number of nitrogens with two attached hydrogens (primary N) is 1. The van der Waals surface area contributed by atoms with Gasteiger partial charge in [0.2, 0.25) is 0 Å². The van der Waals surface area contributed by atoms with Crippen LogP contribution in [-0.4, -0.2) is 23.2 Å². The van der Waals surface area contributed by atoms with Gasteiger partial charge in [0.05, 0.1) is 5.69 Å². The summed E-state index contributed by atoms with van der Waals surface area (Å²) in [6.07, 6.45) is 0. The zero-order valence-corrected chi connectivity index (χ0v) is 9.57. The normalized spacial score (nSPS) is 20.7. The van der Waals surface area contributed by atoms with Gasteiger partial charge >= 0.3 is 0 Å². The SMILES string of the molecule is CC1CN(C(N)=S)N(c2ccccc2)C1. The van der Waals surface area contributed by atoms with Crippen LogP contribution in [0.25, 0.3) is 0 Å². The van der Waals surface area contributed by atoms with E-state index in [4.69, 9.17) is 18.0 Å². The van der Waals surface area contributed by atoms with Gasteiger partial charge in [0.15, 0.2) is 5.11 Å². The third kappa shape index (κ3) is 2.04. The maximum atomic E-state index is 5.70. The Labute approximate surface area is 95.4 Å². The third-order valence-electron chi connectivity index (χ3n) is 2.57. The summed E-state index contributed by atoms with van der Waals surface area (Å²) in [4.78, 5) is 0. The molecule has 2 N–H and O–H groups in total. The van der Waals surface area contributed by atoms with Crippen LogP contribution in [0.1, 0.15) is 6.92 Å². The first-order chi connectivity index (χ1) is 7.18. The molecular formula is C11H15N3S. The van der Waals surface area contributed by atoms with E-state index in [1.807, 2.05) is 23.2 Å². The summed E-state index contributed by atoms with van der Waals surface area (Å²) < 4.78 is 0. The van der Waals surface area contributed by atoms with Crippen molar-refractivity contribution in [2.24, 2.45) is 11.7 Å². The Morgan fingerprint density at radius 1 is 1.33 bits per heavy atom. The van der Waals surface area contributed by atoms with Crippen LogP contribution in [0.2, 0.25) is 0 Å². The molecule has 0 spiro atoms. The lowest BCUT2D eigenvalue weighted by Crippen LogP contribution is -2.44. The molecule has 1 aromatic carbocycles. The van der Waals surface area contributed by atoms with E-state index in [0.29, 0.717) is 11.0 Å². The molecule has 3 nitrogen and oxygen atoms in total. The monoisotopic (exact) mass is 221 g/mol. The van der Waals surface area contributed by atoms with Crippen molar-refractivity contribution in [2.45, 2.75) is 6.92 Å². The van der Waals surface area contributed by atoms with Crippen molar-refractivity contribution in [2.75, 3.05) is 18.1 Å². The van der Waals surface area contributed by atoms with Gasteiger partial charge in [-0.1, -0.05) is 25.1 Å². The molecular weight excluding hydrogens is 206 g/mol. The highest BCUT2D eigenvalue weighted by Crippen LogP contribution is 2.23. The second kappa shape index (κ2) is 4.06. The van der Waals surface area contributed by atoms with Crippen molar-refractivity contribution in [3.63, 3.8) is 0 Å². The molecule has 0 saturated carbocycles. The smallest absolute Gasteiger partial charge is 0.185 e. The van der Waals surface area contributed by atoms with Gasteiger partial charge in [-0.05, 0) is 30.3 Å². The second-order valence-corrected chi connectivity index (χ2v) is 4.36. The highest BCUT2D eigenvalue weighted by molar-refractivity contribution is 7.80. The van der Waals surface area contributed by atoms with Crippen LogP contribution < -0.4 is 10.7 Å². The maximum absolute atomic E-state index is 5.70. The molecule has 0 aliphatic carbocycles. The minimum Gasteiger partial charge on any atom is -0.375 e. The van der Waals surface area contributed by atoms with Crippen LogP contribution in [0.4, 0.5) is 5.69 Å². The van der Waals surface area contributed by atoms with Crippen molar-refractivity contribution in [1.29, 1.82) is 0 Å². The first-order valence-electron chi connectivity index (χ1n) is 5.08. The van der Waals surface area contributed by atoms with E-state index in [1.54, 1.807) is 0 Å². The minimum absolute atomic E-state index is 0.447. The number of benzene rings is 1. The van der Waals surface area contributed by atoms with Gasteiger partial charge in [-0.2, -0.15) is 0 Å². The van der Waals surface area contributed by atoms with Gasteiger partial charge in [-0.25, -0.2) is 0 Å². The van der Waals surface area contributed by atoms with Crippen LogP contribution in [-0.2, 0) is 0 Å². The summed E-state index contributed by atoms with van der Waals surface area (Å²) in [6, 6.07) is 10.2. The quantitative estimate of drug-likeness (QED) is 0.730. The zero-order chi connectivity index (χ0) is 10.8. The van der Waals surface area contributed by atoms with Crippen LogP contribution in [0, 0.1) is 5.92 Å². The molecule has 0 amide bonds. The molecule has 1 atom stereocenters. The number of hydrogen-bond acceptors (Lipinski definition) is 2. The van der Waals surface area contributed by atoms with Crippen LogP contribution >= 0.6 is 12.2 Å². The summed E-state index contributed by atoms with van der Waals surface area (Å²) in [6.45, 7) is 4.08. The van der Waals surface area contributed by atoms with E-state index < -0.39 is 0 Å². The molecule has 0 aromatic heterocycles. The Morgan fingerprint density at radius 2 is 2.00 bits per heavy atom. The lowest BCUT2D eigenvalue weighted by Gasteiger charge is -2.29. The van der Waals surface area contributed by atoms with Crippen molar-refractivity contribution in [3.05, 3.63) is 30.3 Å². The van der Waals surface area contributed by atoms with Gasteiger partial charge in [0.25, 0.3) is 0 Å². The van der Waals surface area contributed by atoms with E-state index in [1.165, 1.54) is 0 Å². The Morgan fingerprint density at radius 3 is 2.60 bits per heavy atom. The number of para-hydroxylation sites is 1. The molecule has 1 aromatic rings. The average molecular weight is 221 g/mol. The average Bonchev–Trinajstić information content (AvgIpc) is 2.62. The summed E-state index contributed by atoms with van der Waals surface area (Å²) >= 11 is 5.05. The Bertz CT molecular complexity index is 352. The number of thiocarbonyl (C=S) groups is 1. The molecule has 1 saturated heterocycles. The van der Waals surface area contributed by atoms with Crippen molar-refractivity contribution >= 4 is 23.0 Å². The van der Waals surface area contributed by atoms with E-state index in [-0.39, 0.29) is 0 Å². The van der Waals surface area contributed by atoms with Gasteiger partial charge in [-0.3, -0.25) is 10.0 Å². The van der Waals surface area contributed by atoms with Crippen LogP contribution in [0.3, 0.4) is 0 Å². The standard InChI is InChI=1S/C11H15N3S/c1-9-7-13(14(8-9)11(12)15)10-5-3-2-4-6-10/h2-6,9H,7-8H2,1H3,(H2,12,15). The van der Waals surface area contributed by atoms with Crippen molar-refractivity contribution in [1.82, 2.24) is 5.01 Å². The number of hydrazine groups is 1. The largest absolute Gasteiger partial charge is 0.375 e. The number of anilines is 1. The Hall–Kier alpha value is -1.29. The van der Waals surface area contributed by atoms with E-state index in [0.717, 1.165) is 18.8 Å². The van der Waals surface area contributed by atoms with E-state index in [2.05, 4.69) is 24.1 Å². The zero-order valence-electron chi connectivity index (χ0n) is 8.76. The van der Waals surface area contributed by atoms with Gasteiger partial charge in [0, 0.05) is 13.1 Å². The van der Waals surface area contributed by atoms with Crippen molar-refractivity contribution in [3.8, 4) is 0 Å². The lowest BCUT2D eigenvalue weighted by atomic mass is 10.2. The summed E-state index contributed by atoms with van der Waals surface area (Å²) in [5.74, 6) is 0.590. The fourth-order valence-corrected chi connectivity index (χ4v) is 2.07. The highest BCUT2D eigenvalue weighted by Gasteiger charge is 2.28. The van der Waals surface area contributed by atoms with Gasteiger partial charge in [-0.15, -0.1) is 0 Å². The highest BCUT2D eigenvalue weighted by atomic mass is 32.1. The molecule has 1 unspecified atom stereocenters. The predicted octanol–water partition coefficient (Wildman–Crippen LogP) is 1.60. The molecule has 1 heterocycles. The first kappa shape index (κ1) is 10.2. The summed E-state index contributed by atoms with van der Waals surface area (Å²) in [5, 5.41) is 4.56. The molecule has 0 bridgehead atoms. The third-order valence-corrected chi connectivity index (χ3v) is 2.78. The molecule has 80 valence electrons. The molecule has 1 fully saturated rings. The molecule has 4 heteroatoms. The molecule has 2 rings (SSSR count). The van der Waals surface area contributed by atoms with Gasteiger partial charge in [0.1, 0.15) is 0 Å². The number of rotatable bonds is 1. The van der Waals surface area contributed by atoms with Crippen LogP contribution in [0.15, 0.2) is 30.3 Å². The fraction of sp³-hybridized carbons (Fsp3) is 0.364. The molecule has 15 heavy (non-hydrogen) atoms. The van der Waals surface area contributed by atoms with E-state index >= 15 is 0 Å². The molecule has 1 aliphatic rings. The van der Waals surface area contributed by atoms with E-state index in [9.17, 15) is 0 Å². The Kier molecular flexibility index (Phi) is 2.77. The predicted molar refractivity (Wildman–Crippen MR) is 66.4 cm³/mol. The van der Waals surface area contributed by atoms with Gasteiger partial charge < -0.3 is 5.73 Å². The topological polar surface area (TPSA) is 32.5 Å². The Balaban J connectivity index is 2.24. The van der Waals surface area contributed by atoms with Crippen molar-refractivity contribution < 1.29 is 0 Å². The molecule has 0 radical (unpaired) electrons. The first-order valence-corrected chi connectivity index (χ1v) is 5.49.